The van der Waals surface area contributed by atoms with Gasteiger partial charge in [-0.25, -0.2) is 0 Å². The van der Waals surface area contributed by atoms with E-state index in [1.165, 1.54) is 19.3 Å². The van der Waals surface area contributed by atoms with Crippen LogP contribution in [-0.4, -0.2) is 31.3 Å². The molecule has 2 N–H and O–H groups in total. The van der Waals surface area contributed by atoms with Crippen LogP contribution in [0.25, 0.3) is 0 Å². The molecule has 1 saturated heterocycles. The molecular formula is C15H23ClN2O. The summed E-state index contributed by atoms with van der Waals surface area (Å²) in [6.45, 7) is 2.01. The van der Waals surface area contributed by atoms with Gasteiger partial charge in [0, 0.05) is 23.8 Å². The Kier molecular flexibility index (Phi) is 5.49. The van der Waals surface area contributed by atoms with Crippen LogP contribution < -0.4 is 10.2 Å². The molecular weight excluding hydrogens is 260 g/mol. The summed E-state index contributed by atoms with van der Waals surface area (Å²) in [5.74, 6) is 0. The highest BCUT2D eigenvalue weighted by Crippen LogP contribution is 2.28. The number of hydrogen-bond acceptors (Lipinski definition) is 3. The highest BCUT2D eigenvalue weighted by molar-refractivity contribution is 6.31. The van der Waals surface area contributed by atoms with E-state index in [0.29, 0.717) is 0 Å². The number of aliphatic hydroxyl groups excluding tert-OH is 1. The lowest BCUT2D eigenvalue weighted by Gasteiger charge is -2.31. The van der Waals surface area contributed by atoms with Gasteiger partial charge in [0.1, 0.15) is 0 Å². The summed E-state index contributed by atoms with van der Waals surface area (Å²) in [5.41, 5.74) is 2.24. The lowest BCUT2D eigenvalue weighted by molar-refractivity contribution is 0.255. The van der Waals surface area contributed by atoms with Crippen LogP contribution in [0.3, 0.4) is 0 Å². The quantitative estimate of drug-likeness (QED) is 0.891. The number of rotatable bonds is 4. The molecule has 0 spiro atoms. The Balaban J connectivity index is 2.21. The van der Waals surface area contributed by atoms with E-state index in [1.54, 1.807) is 0 Å². The molecule has 2 rings (SSSR count). The predicted molar refractivity (Wildman–Crippen MR) is 80.9 cm³/mol. The van der Waals surface area contributed by atoms with Gasteiger partial charge in [-0.2, -0.15) is 0 Å². The van der Waals surface area contributed by atoms with E-state index >= 15 is 0 Å². The van der Waals surface area contributed by atoms with Crippen molar-refractivity contribution in [2.75, 3.05) is 25.1 Å². The third kappa shape index (κ3) is 3.62. The van der Waals surface area contributed by atoms with Crippen molar-refractivity contribution in [1.82, 2.24) is 5.32 Å². The largest absolute Gasteiger partial charge is 0.394 e. The van der Waals surface area contributed by atoms with Gasteiger partial charge in [-0.05, 0) is 37.6 Å². The zero-order chi connectivity index (χ0) is 13.7. The first-order valence-corrected chi connectivity index (χ1v) is 7.44. The molecule has 1 aromatic carbocycles. The SMILES string of the molecule is CNCc1ccc(N2CCCCCC2CO)cc1Cl. The van der Waals surface area contributed by atoms with Crippen molar-refractivity contribution in [3.05, 3.63) is 28.8 Å². The molecule has 19 heavy (non-hydrogen) atoms. The zero-order valence-corrected chi connectivity index (χ0v) is 12.3. The normalized spacial score (nSPS) is 20.4. The van der Waals surface area contributed by atoms with Crippen molar-refractivity contribution in [3.63, 3.8) is 0 Å². The highest BCUT2D eigenvalue weighted by atomic mass is 35.5. The molecule has 1 unspecified atom stereocenters. The van der Waals surface area contributed by atoms with Crippen LogP contribution in [-0.2, 0) is 6.54 Å². The van der Waals surface area contributed by atoms with Gasteiger partial charge >= 0.3 is 0 Å². The molecule has 0 aromatic heterocycles. The van der Waals surface area contributed by atoms with Crippen molar-refractivity contribution >= 4 is 17.3 Å². The monoisotopic (exact) mass is 282 g/mol. The number of nitrogens with one attached hydrogen (secondary N) is 1. The number of nitrogens with zero attached hydrogens (tertiary/aromatic N) is 1. The Morgan fingerprint density at radius 3 is 2.89 bits per heavy atom. The van der Waals surface area contributed by atoms with Crippen LogP contribution in [0.1, 0.15) is 31.2 Å². The Morgan fingerprint density at radius 2 is 2.21 bits per heavy atom. The summed E-state index contributed by atoms with van der Waals surface area (Å²) < 4.78 is 0. The van der Waals surface area contributed by atoms with Gasteiger partial charge in [0.05, 0.1) is 12.6 Å². The van der Waals surface area contributed by atoms with E-state index in [1.807, 2.05) is 13.1 Å². The van der Waals surface area contributed by atoms with E-state index in [2.05, 4.69) is 22.3 Å². The maximum Gasteiger partial charge on any atom is 0.0635 e. The summed E-state index contributed by atoms with van der Waals surface area (Å²) in [6.07, 6.45) is 4.70. The predicted octanol–water partition coefficient (Wildman–Crippen LogP) is 2.80. The van der Waals surface area contributed by atoms with Crippen molar-refractivity contribution in [2.24, 2.45) is 0 Å². The van der Waals surface area contributed by atoms with E-state index in [-0.39, 0.29) is 12.6 Å². The van der Waals surface area contributed by atoms with Gasteiger partial charge in [-0.3, -0.25) is 0 Å². The second kappa shape index (κ2) is 7.13. The average Bonchev–Trinajstić information content (AvgIpc) is 2.66. The number of anilines is 1. The molecule has 0 radical (unpaired) electrons. The van der Waals surface area contributed by atoms with Crippen LogP contribution in [0.5, 0.6) is 0 Å². The maximum absolute atomic E-state index is 9.57. The molecule has 4 heteroatoms. The summed E-state index contributed by atoms with van der Waals surface area (Å²) in [4.78, 5) is 2.31. The van der Waals surface area contributed by atoms with Crippen LogP contribution >= 0.6 is 11.6 Å². The fraction of sp³-hybridized carbons (Fsp3) is 0.600. The van der Waals surface area contributed by atoms with Gasteiger partial charge in [-0.1, -0.05) is 30.5 Å². The summed E-state index contributed by atoms with van der Waals surface area (Å²) >= 11 is 6.33. The first-order valence-electron chi connectivity index (χ1n) is 7.06. The third-order valence-electron chi connectivity index (χ3n) is 3.82. The number of aliphatic hydroxyl groups is 1. The van der Waals surface area contributed by atoms with Crippen molar-refractivity contribution in [1.29, 1.82) is 0 Å². The Morgan fingerprint density at radius 1 is 1.37 bits per heavy atom. The molecule has 1 heterocycles. The van der Waals surface area contributed by atoms with E-state index in [9.17, 15) is 5.11 Å². The minimum absolute atomic E-state index is 0.218. The molecule has 1 aromatic rings. The molecule has 0 aliphatic carbocycles. The van der Waals surface area contributed by atoms with Crippen LogP contribution in [0.4, 0.5) is 5.69 Å². The minimum Gasteiger partial charge on any atom is -0.394 e. The minimum atomic E-state index is 0.218. The molecule has 1 aliphatic rings. The van der Waals surface area contributed by atoms with E-state index in [0.717, 1.165) is 35.8 Å². The molecule has 0 bridgehead atoms. The fourth-order valence-electron chi connectivity index (χ4n) is 2.76. The topological polar surface area (TPSA) is 35.5 Å². The number of halogens is 1. The molecule has 0 amide bonds. The van der Waals surface area contributed by atoms with Crippen molar-refractivity contribution in [2.45, 2.75) is 38.3 Å². The van der Waals surface area contributed by atoms with E-state index < -0.39 is 0 Å². The molecule has 1 atom stereocenters. The summed E-state index contributed by atoms with van der Waals surface area (Å²) in [6, 6.07) is 6.45. The molecule has 0 saturated carbocycles. The second-order valence-corrected chi connectivity index (χ2v) is 5.59. The summed E-state index contributed by atoms with van der Waals surface area (Å²) in [7, 11) is 1.92. The van der Waals surface area contributed by atoms with Gasteiger partial charge in [0.15, 0.2) is 0 Å². The van der Waals surface area contributed by atoms with Gasteiger partial charge in [-0.15, -0.1) is 0 Å². The second-order valence-electron chi connectivity index (χ2n) is 5.19. The van der Waals surface area contributed by atoms with Crippen LogP contribution in [0.15, 0.2) is 18.2 Å². The lowest BCUT2D eigenvalue weighted by atomic mass is 10.1. The molecule has 3 nitrogen and oxygen atoms in total. The van der Waals surface area contributed by atoms with Crippen molar-refractivity contribution in [3.8, 4) is 0 Å². The summed E-state index contributed by atoms with van der Waals surface area (Å²) in [5, 5.41) is 13.5. The smallest absolute Gasteiger partial charge is 0.0635 e. The van der Waals surface area contributed by atoms with Crippen LogP contribution in [0, 0.1) is 0 Å². The van der Waals surface area contributed by atoms with Gasteiger partial charge in [0.25, 0.3) is 0 Å². The van der Waals surface area contributed by atoms with E-state index in [4.69, 9.17) is 11.6 Å². The molecule has 106 valence electrons. The van der Waals surface area contributed by atoms with Gasteiger partial charge in [0.2, 0.25) is 0 Å². The molecule has 1 fully saturated rings. The Hall–Kier alpha value is -0.770. The maximum atomic E-state index is 9.57. The standard InChI is InChI=1S/C15H23ClN2O/c1-17-10-12-6-7-13(9-15(12)16)18-8-4-2-3-5-14(18)11-19/h6-7,9,14,17,19H,2-5,8,10-11H2,1H3. The van der Waals surface area contributed by atoms with Gasteiger partial charge < -0.3 is 15.3 Å². The number of benzene rings is 1. The Labute approximate surface area is 120 Å². The lowest BCUT2D eigenvalue weighted by Crippen LogP contribution is -2.37. The highest BCUT2D eigenvalue weighted by Gasteiger charge is 2.21. The first kappa shape index (κ1) is 14.6. The zero-order valence-electron chi connectivity index (χ0n) is 11.5. The third-order valence-corrected chi connectivity index (χ3v) is 4.18. The average molecular weight is 283 g/mol. The Bertz CT molecular complexity index is 411. The fourth-order valence-corrected chi connectivity index (χ4v) is 3.00. The first-order chi connectivity index (χ1) is 9.26. The molecule has 1 aliphatic heterocycles. The van der Waals surface area contributed by atoms with Crippen molar-refractivity contribution < 1.29 is 5.11 Å². The van der Waals surface area contributed by atoms with Crippen LogP contribution in [0.2, 0.25) is 5.02 Å². The number of hydrogen-bond donors (Lipinski definition) is 2.